The minimum Gasteiger partial charge on any atom is -0.466 e. The quantitative estimate of drug-likeness (QED) is 0.544. The van der Waals surface area contributed by atoms with Crippen LogP contribution in [-0.2, 0) is 16.0 Å². The van der Waals surface area contributed by atoms with Gasteiger partial charge in [-0.05, 0) is 62.1 Å². The third-order valence-electron chi connectivity index (χ3n) is 5.45. The Morgan fingerprint density at radius 1 is 1.17 bits per heavy atom. The third-order valence-corrected chi connectivity index (χ3v) is 5.70. The number of esters is 1. The highest BCUT2D eigenvalue weighted by molar-refractivity contribution is 6.30. The van der Waals surface area contributed by atoms with E-state index in [0.717, 1.165) is 5.56 Å². The van der Waals surface area contributed by atoms with Gasteiger partial charge in [-0.15, -0.1) is 6.42 Å². The minimum absolute atomic E-state index is 0.0638. The number of likely N-dealkylation sites (tertiary alicyclic amines) is 1. The van der Waals surface area contributed by atoms with Gasteiger partial charge in [0.05, 0.1) is 12.0 Å². The van der Waals surface area contributed by atoms with Crippen LogP contribution >= 0.6 is 11.6 Å². The van der Waals surface area contributed by atoms with E-state index in [1.54, 1.807) is 29.2 Å². The Balaban J connectivity index is 1.76. The van der Waals surface area contributed by atoms with E-state index >= 15 is 0 Å². The van der Waals surface area contributed by atoms with Crippen molar-refractivity contribution in [2.75, 3.05) is 19.7 Å². The second-order valence-electron chi connectivity index (χ2n) is 7.32. The van der Waals surface area contributed by atoms with Gasteiger partial charge in [-0.25, -0.2) is 0 Å². The lowest BCUT2D eigenvalue weighted by Gasteiger charge is -2.40. The number of nitrogens with zero attached hydrogens (tertiary/aromatic N) is 1. The second-order valence-corrected chi connectivity index (χ2v) is 7.76. The molecule has 2 aromatic rings. The highest BCUT2D eigenvalue weighted by Gasteiger charge is 2.43. The molecule has 2 aromatic carbocycles. The van der Waals surface area contributed by atoms with Crippen molar-refractivity contribution in [1.82, 2.24) is 4.90 Å². The molecular formula is C24H24ClNO3. The molecule has 1 saturated heterocycles. The molecule has 0 bridgehead atoms. The standard InChI is InChI=1S/C24H24ClNO3/c1-3-18-6-5-7-20(16-18)22(27)26-14-12-24(13-15-26,23(28)29-4-2)17-19-8-10-21(25)11-9-19/h1,5-11,16H,4,12-15,17H2,2H3. The zero-order chi connectivity index (χ0) is 20.9. The van der Waals surface area contributed by atoms with Crippen LogP contribution in [0.4, 0.5) is 0 Å². The summed E-state index contributed by atoms with van der Waals surface area (Å²) in [5, 5.41) is 0.661. The van der Waals surface area contributed by atoms with Crippen molar-refractivity contribution in [2.45, 2.75) is 26.2 Å². The Morgan fingerprint density at radius 3 is 2.48 bits per heavy atom. The predicted octanol–water partition coefficient (Wildman–Crippen LogP) is 4.35. The normalized spacial score (nSPS) is 15.4. The van der Waals surface area contributed by atoms with Crippen molar-refractivity contribution >= 4 is 23.5 Å². The maximum Gasteiger partial charge on any atom is 0.312 e. The van der Waals surface area contributed by atoms with Crippen LogP contribution in [-0.4, -0.2) is 36.5 Å². The van der Waals surface area contributed by atoms with Gasteiger partial charge in [0.2, 0.25) is 0 Å². The first-order valence-corrected chi connectivity index (χ1v) is 10.1. The molecule has 0 radical (unpaired) electrons. The largest absolute Gasteiger partial charge is 0.466 e. The molecule has 1 aliphatic heterocycles. The average molecular weight is 410 g/mol. The third kappa shape index (κ3) is 4.81. The Morgan fingerprint density at radius 2 is 1.86 bits per heavy atom. The maximum absolute atomic E-state index is 12.9. The lowest BCUT2D eigenvalue weighted by atomic mass is 9.73. The molecule has 0 aromatic heterocycles. The van der Waals surface area contributed by atoms with Crippen LogP contribution in [0, 0.1) is 17.8 Å². The van der Waals surface area contributed by atoms with Crippen LogP contribution in [0.5, 0.6) is 0 Å². The number of rotatable bonds is 5. The van der Waals surface area contributed by atoms with E-state index in [1.165, 1.54) is 0 Å². The van der Waals surface area contributed by atoms with E-state index in [0.29, 0.717) is 55.1 Å². The van der Waals surface area contributed by atoms with E-state index in [9.17, 15) is 9.59 Å². The Labute approximate surface area is 176 Å². The number of benzene rings is 2. The SMILES string of the molecule is C#Cc1cccc(C(=O)N2CCC(Cc3ccc(Cl)cc3)(C(=O)OCC)CC2)c1. The summed E-state index contributed by atoms with van der Waals surface area (Å²) in [6.45, 7) is 3.13. The second kappa shape index (κ2) is 9.15. The first-order chi connectivity index (χ1) is 14.0. The van der Waals surface area contributed by atoms with E-state index < -0.39 is 5.41 Å². The van der Waals surface area contributed by atoms with Gasteiger partial charge in [0.25, 0.3) is 5.91 Å². The van der Waals surface area contributed by atoms with Crippen LogP contribution < -0.4 is 0 Å². The van der Waals surface area contributed by atoms with Crippen molar-refractivity contribution in [1.29, 1.82) is 0 Å². The number of terminal acetylenes is 1. The molecule has 5 heteroatoms. The zero-order valence-corrected chi connectivity index (χ0v) is 17.2. The summed E-state index contributed by atoms with van der Waals surface area (Å²) in [6, 6.07) is 14.6. The van der Waals surface area contributed by atoms with E-state index in [4.69, 9.17) is 22.8 Å². The van der Waals surface area contributed by atoms with Crippen LogP contribution in [0.2, 0.25) is 5.02 Å². The number of hydrogen-bond donors (Lipinski definition) is 0. The summed E-state index contributed by atoms with van der Waals surface area (Å²) in [5.74, 6) is 2.30. The Kier molecular flexibility index (Phi) is 6.61. The summed E-state index contributed by atoms with van der Waals surface area (Å²) in [5.41, 5.74) is 1.64. The summed E-state index contributed by atoms with van der Waals surface area (Å²) >= 11 is 5.99. The topological polar surface area (TPSA) is 46.6 Å². The molecule has 4 nitrogen and oxygen atoms in total. The summed E-state index contributed by atoms with van der Waals surface area (Å²) in [6.07, 6.45) is 7.11. The maximum atomic E-state index is 12.9. The van der Waals surface area contributed by atoms with Gasteiger partial charge in [0.15, 0.2) is 0 Å². The molecule has 29 heavy (non-hydrogen) atoms. The number of halogens is 1. The summed E-state index contributed by atoms with van der Waals surface area (Å²) in [4.78, 5) is 27.5. The number of piperidine rings is 1. The van der Waals surface area contributed by atoms with E-state index in [1.807, 2.05) is 31.2 Å². The van der Waals surface area contributed by atoms with Crippen LogP contribution in [0.15, 0.2) is 48.5 Å². The van der Waals surface area contributed by atoms with Gasteiger partial charge in [0, 0.05) is 29.2 Å². The summed E-state index contributed by atoms with van der Waals surface area (Å²) < 4.78 is 5.40. The van der Waals surface area contributed by atoms with Gasteiger partial charge in [0.1, 0.15) is 0 Å². The van der Waals surface area contributed by atoms with Gasteiger partial charge >= 0.3 is 5.97 Å². The lowest BCUT2D eigenvalue weighted by molar-refractivity contribution is -0.158. The smallest absolute Gasteiger partial charge is 0.312 e. The molecule has 1 heterocycles. The zero-order valence-electron chi connectivity index (χ0n) is 16.5. The van der Waals surface area contributed by atoms with E-state index in [2.05, 4.69) is 5.92 Å². The van der Waals surface area contributed by atoms with Crippen molar-refractivity contribution < 1.29 is 14.3 Å². The molecule has 0 aliphatic carbocycles. The van der Waals surface area contributed by atoms with Gasteiger partial charge < -0.3 is 9.64 Å². The number of carbonyl (C=O) groups excluding carboxylic acids is 2. The van der Waals surface area contributed by atoms with Crippen LogP contribution in [0.3, 0.4) is 0 Å². The highest BCUT2D eigenvalue weighted by atomic mass is 35.5. The van der Waals surface area contributed by atoms with Crippen molar-refractivity contribution in [3.05, 3.63) is 70.2 Å². The lowest BCUT2D eigenvalue weighted by Crippen LogP contribution is -2.48. The van der Waals surface area contributed by atoms with Crippen molar-refractivity contribution in [3.8, 4) is 12.3 Å². The molecule has 0 atom stereocenters. The summed E-state index contributed by atoms with van der Waals surface area (Å²) in [7, 11) is 0. The Hall–Kier alpha value is -2.77. The average Bonchev–Trinajstić information content (AvgIpc) is 2.75. The molecule has 150 valence electrons. The molecule has 1 fully saturated rings. The van der Waals surface area contributed by atoms with Gasteiger partial charge in [-0.1, -0.05) is 35.7 Å². The van der Waals surface area contributed by atoms with Gasteiger partial charge in [-0.3, -0.25) is 9.59 Å². The molecule has 0 saturated carbocycles. The first-order valence-electron chi connectivity index (χ1n) is 9.75. The molecule has 3 rings (SSSR count). The number of hydrogen-bond acceptors (Lipinski definition) is 3. The fourth-order valence-electron chi connectivity index (χ4n) is 3.79. The fourth-order valence-corrected chi connectivity index (χ4v) is 3.92. The number of carbonyl (C=O) groups is 2. The van der Waals surface area contributed by atoms with Gasteiger partial charge in [-0.2, -0.15) is 0 Å². The number of amides is 1. The molecule has 0 spiro atoms. The van der Waals surface area contributed by atoms with Crippen LogP contribution in [0.1, 0.15) is 41.3 Å². The molecule has 1 aliphatic rings. The highest BCUT2D eigenvalue weighted by Crippen LogP contribution is 2.37. The monoisotopic (exact) mass is 409 g/mol. The van der Waals surface area contributed by atoms with Crippen LogP contribution in [0.25, 0.3) is 0 Å². The fraction of sp³-hybridized carbons (Fsp3) is 0.333. The minimum atomic E-state index is -0.638. The van der Waals surface area contributed by atoms with Crippen molar-refractivity contribution in [3.63, 3.8) is 0 Å². The first kappa shape index (κ1) is 21.0. The molecular weight excluding hydrogens is 386 g/mol. The predicted molar refractivity (Wildman–Crippen MR) is 114 cm³/mol. The Bertz CT molecular complexity index is 922. The van der Waals surface area contributed by atoms with E-state index in [-0.39, 0.29) is 11.9 Å². The number of ether oxygens (including phenoxy) is 1. The molecule has 0 unspecified atom stereocenters. The molecule has 1 amide bonds. The molecule has 0 N–H and O–H groups in total. The van der Waals surface area contributed by atoms with Crippen molar-refractivity contribution in [2.24, 2.45) is 5.41 Å².